The number of hydrogen-bond donors (Lipinski definition) is 18. The number of likely N-dealkylation sites (tertiary alicyclic amines) is 1. The largest absolute Gasteiger partial charge is 0.480 e. The highest BCUT2D eigenvalue weighted by Crippen LogP contribution is 2.22. The van der Waals surface area contributed by atoms with Gasteiger partial charge in [0, 0.05) is 36.5 Å². The summed E-state index contributed by atoms with van der Waals surface area (Å²) < 4.78 is 0. The number of aliphatic hydroxyl groups excluding tert-OH is 3. The molecule has 12 amide bonds. The monoisotopic (exact) mass is 1240 g/mol. The first-order chi connectivity index (χ1) is 41.4. The van der Waals surface area contributed by atoms with Crippen molar-refractivity contribution in [1.82, 2.24) is 63.1 Å². The maximum atomic E-state index is 14.2. The predicted octanol–water partition coefficient (Wildman–Crippen LogP) is -5.91. The summed E-state index contributed by atoms with van der Waals surface area (Å²) in [5.41, 5.74) is 18.2. The summed E-state index contributed by atoms with van der Waals surface area (Å²) in [5.74, 6) is -13.7. The minimum Gasteiger partial charge on any atom is -0.480 e. The molecule has 0 spiro atoms. The van der Waals surface area contributed by atoms with Gasteiger partial charge < -0.3 is 101 Å². The number of aromatic nitrogens is 1. The van der Waals surface area contributed by atoms with E-state index in [2.05, 4.69) is 58.2 Å². The predicted molar refractivity (Wildman–Crippen MR) is 316 cm³/mol. The highest BCUT2D eigenvalue weighted by atomic mass is 16.4. The van der Waals surface area contributed by atoms with Crippen molar-refractivity contribution in [2.24, 2.45) is 29.0 Å². The summed E-state index contributed by atoms with van der Waals surface area (Å²) in [4.78, 5) is 177. The maximum absolute atomic E-state index is 14.2. The van der Waals surface area contributed by atoms with Gasteiger partial charge >= 0.3 is 5.97 Å². The smallest absolute Gasteiger partial charge is 0.326 e. The van der Waals surface area contributed by atoms with E-state index in [0.717, 1.165) is 22.7 Å². The highest BCUT2D eigenvalue weighted by Gasteiger charge is 2.41. The van der Waals surface area contributed by atoms with Gasteiger partial charge in [0.1, 0.15) is 66.5 Å². The topological polar surface area (TPSA) is 520 Å². The summed E-state index contributed by atoms with van der Waals surface area (Å²) in [7, 11) is 0. The van der Waals surface area contributed by atoms with Crippen LogP contribution in [0.5, 0.6) is 0 Å². The number of carbonyl (C=O) groups excluding carboxylic acids is 12. The number of primary amides is 1. The Bertz CT molecular complexity index is 2800. The molecule has 0 radical (unpaired) electrons. The van der Waals surface area contributed by atoms with Gasteiger partial charge in [-0.15, -0.1) is 0 Å². The number of nitrogens with zero attached hydrogens (tertiary/aromatic N) is 1. The summed E-state index contributed by atoms with van der Waals surface area (Å²) in [6.45, 7) is 9.53. The number of rotatable bonds is 36. The van der Waals surface area contributed by atoms with Crippen molar-refractivity contribution in [2.45, 2.75) is 185 Å². The Kier molecular flexibility index (Phi) is 29.8. The van der Waals surface area contributed by atoms with E-state index >= 15 is 0 Å². The van der Waals surface area contributed by atoms with Crippen molar-refractivity contribution in [3.05, 3.63) is 36.0 Å². The zero-order chi connectivity index (χ0) is 66.3. The lowest BCUT2D eigenvalue weighted by atomic mass is 10.0. The third-order valence-corrected chi connectivity index (χ3v) is 14.6. The Labute approximate surface area is 508 Å². The van der Waals surface area contributed by atoms with E-state index in [1.807, 2.05) is 6.07 Å². The van der Waals surface area contributed by atoms with Gasteiger partial charge in [0.15, 0.2) is 0 Å². The fourth-order valence-electron chi connectivity index (χ4n) is 9.30. The first-order valence-corrected chi connectivity index (χ1v) is 29.1. The second-order valence-electron chi connectivity index (χ2n) is 22.5. The fraction of sp³-hybridized carbons (Fsp3) is 0.625. The number of carboxylic acids is 1. The van der Waals surface area contributed by atoms with Gasteiger partial charge in [-0.05, 0) is 89.8 Å². The average molecular weight is 1240 g/mol. The molecule has 13 atom stereocenters. The molecule has 1 saturated heterocycles. The minimum absolute atomic E-state index is 0.0391. The molecule has 3 rings (SSSR count). The number of aromatic amines is 1. The van der Waals surface area contributed by atoms with Crippen LogP contribution >= 0.6 is 0 Å². The van der Waals surface area contributed by atoms with Gasteiger partial charge in [0.05, 0.1) is 25.4 Å². The molecule has 88 heavy (non-hydrogen) atoms. The van der Waals surface area contributed by atoms with Crippen LogP contribution in [0, 0.1) is 11.8 Å². The Balaban J connectivity index is 1.64. The Hall–Kier alpha value is -8.33. The number of para-hydroxylation sites is 1. The van der Waals surface area contributed by atoms with Gasteiger partial charge in [-0.2, -0.15) is 0 Å². The summed E-state index contributed by atoms with van der Waals surface area (Å²) in [6.07, 6.45) is 0.895. The second kappa shape index (κ2) is 35.5. The number of fused-ring (bicyclic) bond motifs is 1. The molecule has 0 unspecified atom stereocenters. The number of hydrogen-bond acceptors (Lipinski definition) is 18. The summed E-state index contributed by atoms with van der Waals surface area (Å²) in [5, 5.41) is 65.6. The molecule has 0 bridgehead atoms. The third kappa shape index (κ3) is 22.1. The lowest BCUT2D eigenvalue weighted by molar-refractivity contribution is -0.143. The van der Waals surface area contributed by atoms with E-state index in [1.165, 1.54) is 34.6 Å². The molecule has 490 valence electrons. The van der Waals surface area contributed by atoms with E-state index in [4.69, 9.17) is 17.2 Å². The van der Waals surface area contributed by atoms with Crippen LogP contribution in [0.3, 0.4) is 0 Å². The van der Waals surface area contributed by atoms with Gasteiger partial charge in [-0.1, -0.05) is 52.3 Å². The first-order valence-electron chi connectivity index (χ1n) is 29.1. The number of aliphatic hydroxyl groups is 3. The normalized spacial score (nSPS) is 17.2. The molecule has 2 heterocycles. The Morgan fingerprint density at radius 1 is 0.591 bits per heavy atom. The molecule has 1 aromatic heterocycles. The highest BCUT2D eigenvalue weighted by molar-refractivity contribution is 6.00. The van der Waals surface area contributed by atoms with Crippen LogP contribution in [-0.4, -0.2) is 212 Å². The van der Waals surface area contributed by atoms with Gasteiger partial charge in [0.25, 0.3) is 0 Å². The van der Waals surface area contributed by atoms with Crippen LogP contribution < -0.4 is 70.4 Å². The number of nitrogens with two attached hydrogens (primary N) is 3. The van der Waals surface area contributed by atoms with Crippen molar-refractivity contribution < 1.29 is 82.8 Å². The van der Waals surface area contributed by atoms with Crippen molar-refractivity contribution >= 4 is 87.8 Å². The molecule has 1 aliphatic heterocycles. The minimum atomic E-state index is -1.82. The third-order valence-electron chi connectivity index (χ3n) is 14.6. The van der Waals surface area contributed by atoms with Crippen LogP contribution in [0.4, 0.5) is 0 Å². The zero-order valence-corrected chi connectivity index (χ0v) is 50.8. The second-order valence-corrected chi connectivity index (χ2v) is 22.5. The van der Waals surface area contributed by atoms with Crippen LogP contribution in [0.2, 0.25) is 0 Å². The SMILES string of the molecule is CC(C)[C@H](NC(=O)[C@H](C)NC(=O)[C@@H](NC(=O)[C@H](CO)NC(=O)[C@@H](NC(=O)[C@@H]1CCCN1C(=O)[C@H](CCC(N)=O)NC(=O)[C@H](CO)NC(=O)[C@H](C)NC(=O)[C@@H](N)CCCCN)C(C)C)[C@@H](C)O)C(=O)N[C@@H](C)C(=O)N[C@@H](Cc1c[nH]c2ccccc12)C(=O)O. The van der Waals surface area contributed by atoms with Crippen molar-refractivity contribution in [3.63, 3.8) is 0 Å². The van der Waals surface area contributed by atoms with E-state index < -0.39 is 187 Å². The molecule has 32 heteroatoms. The molecule has 1 aromatic carbocycles. The molecule has 0 saturated carbocycles. The average Bonchev–Trinajstić information content (AvgIpc) is 4.35. The fourth-order valence-corrected chi connectivity index (χ4v) is 9.30. The quantitative estimate of drug-likeness (QED) is 0.0283. The maximum Gasteiger partial charge on any atom is 0.326 e. The first kappa shape index (κ1) is 73.9. The molecule has 0 aliphatic carbocycles. The molecule has 1 fully saturated rings. The van der Waals surface area contributed by atoms with Crippen molar-refractivity contribution in [3.8, 4) is 0 Å². The number of carboxylic acid groups (broad SMARTS) is 1. The number of carbonyl (C=O) groups is 13. The molecule has 1 aliphatic rings. The van der Waals surface area contributed by atoms with Gasteiger partial charge in [-0.25, -0.2) is 4.79 Å². The lowest BCUT2D eigenvalue weighted by Crippen LogP contribution is -2.62. The Morgan fingerprint density at radius 2 is 1.07 bits per heavy atom. The lowest BCUT2D eigenvalue weighted by Gasteiger charge is -2.31. The van der Waals surface area contributed by atoms with Crippen LogP contribution in [-0.2, 0) is 68.7 Å². The Morgan fingerprint density at radius 3 is 1.60 bits per heavy atom. The molecular weight excluding hydrogens is 1150 g/mol. The number of aliphatic carboxylic acids is 1. The van der Waals surface area contributed by atoms with Crippen molar-refractivity contribution in [1.29, 1.82) is 0 Å². The van der Waals surface area contributed by atoms with Crippen molar-refractivity contribution in [2.75, 3.05) is 26.3 Å². The van der Waals surface area contributed by atoms with Gasteiger partial charge in [-0.3, -0.25) is 57.5 Å². The van der Waals surface area contributed by atoms with Crippen LogP contribution in [0.25, 0.3) is 10.9 Å². The molecular formula is C56H89N15O17. The van der Waals surface area contributed by atoms with E-state index in [9.17, 15) is 82.8 Å². The molecule has 2 aromatic rings. The molecule has 32 nitrogen and oxygen atoms in total. The molecule has 21 N–H and O–H groups in total. The van der Waals surface area contributed by atoms with Crippen LogP contribution in [0.15, 0.2) is 30.5 Å². The van der Waals surface area contributed by atoms with Crippen LogP contribution in [0.1, 0.15) is 106 Å². The zero-order valence-electron chi connectivity index (χ0n) is 50.8. The summed E-state index contributed by atoms with van der Waals surface area (Å²) >= 11 is 0. The van der Waals surface area contributed by atoms with E-state index in [-0.39, 0.29) is 32.2 Å². The standard InChI is InChI=1S/C56H89N15O17/c1-26(2)42(52(83)62-29(6)45(76)65-37(56(87)88)22-32-23-60-35-16-10-9-14-33(32)35)68-47(78)30(7)63-54(85)44(31(8)74)70-50(81)39(25-73)67-53(84)43(27(3)4)69-51(82)40-17-13-21-71(40)55(86)36(18-19-41(59)75)64-49(80)38(24-72)66-46(77)28(5)61-48(79)34(58)15-11-12-20-57/h9-10,14,16,23,26-31,34,36-40,42-44,60,72-74H,11-13,15,17-22,24-25,57-58H2,1-8H3,(H2,59,75)(H,61,79)(H,62,83)(H,63,85)(H,64,80)(H,65,76)(H,66,77)(H,67,84)(H,68,78)(H,69,82)(H,70,81)(H,87,88)/t28-,29-,30-,31+,34-,36-,37-,38-,39-,40-,42-,43-,44-/m0/s1. The number of H-pyrrole nitrogens is 1. The van der Waals surface area contributed by atoms with Gasteiger partial charge in [0.2, 0.25) is 70.9 Å². The number of unbranched alkanes of at least 4 members (excludes halogenated alkanes) is 1. The number of amides is 12. The number of nitrogens with one attached hydrogen (secondary N) is 11. The van der Waals surface area contributed by atoms with E-state index in [1.54, 1.807) is 38.2 Å². The summed E-state index contributed by atoms with van der Waals surface area (Å²) in [6, 6.07) is -9.90. The number of benzene rings is 1. The van der Waals surface area contributed by atoms with E-state index in [0.29, 0.717) is 31.4 Å².